The highest BCUT2D eigenvalue weighted by Gasteiger charge is 2.42. The number of hydrogen-bond acceptors (Lipinski definition) is 13. The second kappa shape index (κ2) is 24.6. The molecular formula is C31H36I6N6O13. The van der Waals surface area contributed by atoms with E-state index in [1.54, 1.807) is 90.4 Å². The number of hydrazine groups is 2. The molecule has 0 aliphatic rings. The summed E-state index contributed by atoms with van der Waals surface area (Å²) in [5.41, 5.74) is 3.83. The molecule has 1 unspecified atom stereocenters. The smallest absolute Gasteiger partial charge is 0.276 e. The number of carbonyl (C=O) groups excluding carboxylic acids is 6. The Balaban J connectivity index is 2.98. The fourth-order valence-corrected chi connectivity index (χ4v) is 13.6. The second-order valence-corrected chi connectivity index (χ2v) is 18.0. The van der Waals surface area contributed by atoms with Crippen LogP contribution in [0.25, 0.3) is 0 Å². The SMILES string of the molecule is CC(O)C(N(NC(=O)CO)C(=O)c1c(I)cc(I)c(C(=O)N(CCO)CCO)c1I)N(NC(=O)CO)C(=O)c1c(I)cc(I)c(C(=O)N(CCO)CCO)c1I. The van der Waals surface area contributed by atoms with E-state index in [1.807, 2.05) is 45.2 Å². The predicted octanol–water partition coefficient (Wildman–Crippen LogP) is -0.494. The summed E-state index contributed by atoms with van der Waals surface area (Å²) in [7, 11) is 0. The number of rotatable bonds is 17. The van der Waals surface area contributed by atoms with Gasteiger partial charge >= 0.3 is 0 Å². The highest BCUT2D eigenvalue weighted by Crippen LogP contribution is 2.33. The van der Waals surface area contributed by atoms with E-state index in [1.165, 1.54) is 12.1 Å². The van der Waals surface area contributed by atoms with Gasteiger partial charge in [-0.2, -0.15) is 0 Å². The van der Waals surface area contributed by atoms with Crippen molar-refractivity contribution in [2.75, 3.05) is 65.8 Å². The van der Waals surface area contributed by atoms with Crippen LogP contribution in [0.4, 0.5) is 0 Å². The van der Waals surface area contributed by atoms with E-state index >= 15 is 0 Å². The third-order valence-electron chi connectivity index (χ3n) is 7.43. The molecule has 2 aromatic carbocycles. The van der Waals surface area contributed by atoms with Crippen molar-refractivity contribution in [2.45, 2.75) is 19.2 Å². The van der Waals surface area contributed by atoms with E-state index in [4.69, 9.17) is 0 Å². The first-order valence-electron chi connectivity index (χ1n) is 15.9. The van der Waals surface area contributed by atoms with Crippen molar-refractivity contribution in [3.05, 3.63) is 55.8 Å². The van der Waals surface area contributed by atoms with Crippen LogP contribution in [0, 0.1) is 21.4 Å². The number of amides is 6. The van der Waals surface area contributed by atoms with Crippen LogP contribution >= 0.6 is 136 Å². The standard InChI is InChI=1S/C31H36I6N6O13/c1-14(50)27(42(38-19(51)12-48)30(55)23-17(34)10-15(32)21(25(23)36)28(53)40(2-6-44)3-7-45)43(39-20(52)13-49)31(56)24-18(35)11-16(33)22(26(24)37)29(54)41(4-8-46)5-9-47/h10-11,14,27,44-50H,2-9,12-13H2,1H3,(H,38,51)(H,39,52). The minimum atomic E-state index is -2.06. The predicted molar refractivity (Wildman–Crippen MR) is 248 cm³/mol. The molecule has 0 spiro atoms. The van der Waals surface area contributed by atoms with E-state index in [9.17, 15) is 64.5 Å². The molecule has 310 valence electrons. The third kappa shape index (κ3) is 12.7. The Morgan fingerprint density at radius 1 is 0.536 bits per heavy atom. The molecule has 0 fully saturated rings. The van der Waals surface area contributed by atoms with Crippen molar-refractivity contribution in [3.63, 3.8) is 0 Å². The van der Waals surface area contributed by atoms with Gasteiger partial charge in [0.25, 0.3) is 35.4 Å². The molecule has 0 aromatic heterocycles. The van der Waals surface area contributed by atoms with Crippen molar-refractivity contribution >= 4 is 171 Å². The first-order valence-corrected chi connectivity index (χ1v) is 22.4. The summed E-state index contributed by atoms with van der Waals surface area (Å²) in [6.07, 6.45) is -3.90. The van der Waals surface area contributed by atoms with Gasteiger partial charge in [-0.25, -0.2) is 10.0 Å². The minimum absolute atomic E-state index is 0.0166. The van der Waals surface area contributed by atoms with Gasteiger partial charge in [-0.05, 0) is 155 Å². The lowest BCUT2D eigenvalue weighted by Gasteiger charge is -2.41. The monoisotopic (exact) mass is 1460 g/mol. The van der Waals surface area contributed by atoms with Gasteiger partial charge in [0.15, 0.2) is 6.17 Å². The number of carbonyl (C=O) groups is 6. The zero-order chi connectivity index (χ0) is 42.6. The highest BCUT2D eigenvalue weighted by molar-refractivity contribution is 14.1. The fraction of sp³-hybridized carbons (Fsp3) is 0.419. The maximum atomic E-state index is 14.7. The van der Waals surface area contributed by atoms with Gasteiger partial charge in [-0.15, -0.1) is 0 Å². The molecule has 0 bridgehead atoms. The zero-order valence-electron chi connectivity index (χ0n) is 29.0. The Labute approximate surface area is 402 Å². The Morgan fingerprint density at radius 2 is 0.804 bits per heavy atom. The number of aliphatic hydroxyl groups is 7. The van der Waals surface area contributed by atoms with Gasteiger partial charge in [-0.1, -0.05) is 0 Å². The lowest BCUT2D eigenvalue weighted by Crippen LogP contribution is -2.67. The molecule has 6 amide bonds. The van der Waals surface area contributed by atoms with Crippen LogP contribution in [-0.4, -0.2) is 169 Å². The molecular weight excluding hydrogens is 1430 g/mol. The van der Waals surface area contributed by atoms with Gasteiger partial charge in [-0.3, -0.25) is 39.6 Å². The fourth-order valence-electron chi connectivity index (χ4n) is 4.99. The highest BCUT2D eigenvalue weighted by atomic mass is 127. The number of nitrogens with zero attached hydrogens (tertiary/aromatic N) is 4. The summed E-state index contributed by atoms with van der Waals surface area (Å²) < 4.78 is 1.24. The third-order valence-corrected chi connectivity index (χ3v) is 13.0. The van der Waals surface area contributed by atoms with Crippen molar-refractivity contribution in [3.8, 4) is 0 Å². The van der Waals surface area contributed by atoms with E-state index in [0.717, 1.165) is 16.7 Å². The number of hydrogen-bond donors (Lipinski definition) is 9. The zero-order valence-corrected chi connectivity index (χ0v) is 42.0. The van der Waals surface area contributed by atoms with Crippen LogP contribution in [0.3, 0.4) is 0 Å². The number of benzene rings is 2. The number of halogens is 6. The van der Waals surface area contributed by atoms with Crippen molar-refractivity contribution in [1.82, 2.24) is 30.7 Å². The topological polar surface area (TPSA) is 281 Å². The minimum Gasteiger partial charge on any atom is -0.395 e. The molecule has 0 saturated heterocycles. The Morgan fingerprint density at radius 3 is 1.04 bits per heavy atom. The maximum absolute atomic E-state index is 14.7. The van der Waals surface area contributed by atoms with Crippen LogP contribution in [0.1, 0.15) is 48.4 Å². The van der Waals surface area contributed by atoms with Gasteiger partial charge in [0, 0.05) is 47.6 Å². The molecule has 0 saturated carbocycles. The van der Waals surface area contributed by atoms with Crippen LogP contribution in [0.15, 0.2) is 12.1 Å². The van der Waals surface area contributed by atoms with Crippen LogP contribution in [-0.2, 0) is 9.59 Å². The van der Waals surface area contributed by atoms with E-state index in [0.29, 0.717) is 17.2 Å². The summed E-state index contributed by atoms with van der Waals surface area (Å²) >= 11 is 10.8. The summed E-state index contributed by atoms with van der Waals surface area (Å²) in [5.74, 6) is -6.02. The summed E-state index contributed by atoms with van der Waals surface area (Å²) in [5, 5.41) is 69.9. The number of aliphatic hydroxyl groups excluding tert-OH is 7. The molecule has 1 atom stereocenters. The van der Waals surface area contributed by atoms with Crippen molar-refractivity contribution in [1.29, 1.82) is 0 Å². The van der Waals surface area contributed by atoms with E-state index in [-0.39, 0.29) is 62.7 Å². The van der Waals surface area contributed by atoms with Gasteiger partial charge in [0.2, 0.25) is 0 Å². The molecule has 2 rings (SSSR count). The second-order valence-electron chi connectivity index (χ2n) is 11.2. The van der Waals surface area contributed by atoms with E-state index < -0.39 is 87.4 Å². The van der Waals surface area contributed by atoms with Crippen molar-refractivity contribution in [2.24, 2.45) is 0 Å². The molecule has 2 aromatic rings. The van der Waals surface area contributed by atoms with Crippen molar-refractivity contribution < 1.29 is 64.5 Å². The molecule has 0 radical (unpaired) electrons. The Hall–Kier alpha value is -0.640. The van der Waals surface area contributed by atoms with Crippen LogP contribution in [0.2, 0.25) is 0 Å². The Kier molecular flexibility index (Phi) is 22.6. The molecule has 0 aliphatic carbocycles. The summed E-state index contributed by atoms with van der Waals surface area (Å²) in [4.78, 5) is 84.9. The van der Waals surface area contributed by atoms with E-state index in [2.05, 4.69) is 10.9 Å². The first-order chi connectivity index (χ1) is 26.4. The molecule has 25 heteroatoms. The van der Waals surface area contributed by atoms with Crippen LogP contribution < -0.4 is 10.9 Å². The average Bonchev–Trinajstić information content (AvgIpc) is 3.12. The first kappa shape index (κ1) is 51.5. The summed E-state index contributed by atoms with van der Waals surface area (Å²) in [6.45, 7) is -3.64. The molecule has 0 aliphatic heterocycles. The largest absolute Gasteiger partial charge is 0.395 e. The lowest BCUT2D eigenvalue weighted by atomic mass is 10.1. The molecule has 56 heavy (non-hydrogen) atoms. The van der Waals surface area contributed by atoms with Gasteiger partial charge in [0.1, 0.15) is 13.2 Å². The van der Waals surface area contributed by atoms with Crippen LogP contribution in [0.5, 0.6) is 0 Å². The molecule has 19 nitrogen and oxygen atoms in total. The lowest BCUT2D eigenvalue weighted by molar-refractivity contribution is -0.138. The van der Waals surface area contributed by atoms with Gasteiger partial charge in [0.05, 0.1) is 54.8 Å². The normalized spacial score (nSPS) is 11.6. The average molecular weight is 1460 g/mol. The molecule has 0 heterocycles. The quantitative estimate of drug-likeness (QED) is 0.0550. The molecule has 9 N–H and O–H groups in total. The summed E-state index contributed by atoms with van der Waals surface area (Å²) in [6, 6.07) is 2.93. The maximum Gasteiger partial charge on any atom is 0.276 e. The Bertz CT molecular complexity index is 1670. The van der Waals surface area contributed by atoms with Gasteiger partial charge < -0.3 is 45.5 Å². The number of nitrogens with one attached hydrogen (secondary N) is 2.